The lowest BCUT2D eigenvalue weighted by atomic mass is 9.90. The molecule has 0 saturated carbocycles. The predicted octanol–water partition coefficient (Wildman–Crippen LogP) is 2.45. The Morgan fingerprint density at radius 3 is 2.76 bits per heavy atom. The Kier molecular flexibility index (Phi) is 4.88. The van der Waals surface area contributed by atoms with Gasteiger partial charge in [-0.3, -0.25) is 9.59 Å². The van der Waals surface area contributed by atoms with Crippen molar-refractivity contribution in [1.82, 2.24) is 5.32 Å². The average molecular weight is 340 g/mol. The van der Waals surface area contributed by atoms with Gasteiger partial charge in [0.15, 0.2) is 0 Å². The minimum atomic E-state index is -0.499. The zero-order valence-corrected chi connectivity index (χ0v) is 14.2. The van der Waals surface area contributed by atoms with Gasteiger partial charge >= 0.3 is 0 Å². The molecule has 1 aliphatic heterocycles. The molecular weight excluding hydrogens is 320 g/mol. The van der Waals surface area contributed by atoms with Crippen molar-refractivity contribution in [3.63, 3.8) is 0 Å². The van der Waals surface area contributed by atoms with Gasteiger partial charge in [0.05, 0.1) is 20.1 Å². The molecule has 0 saturated heterocycles. The largest absolute Gasteiger partial charge is 0.497 e. The fourth-order valence-corrected chi connectivity index (χ4v) is 2.97. The Morgan fingerprint density at radius 1 is 1.20 bits per heavy atom. The van der Waals surface area contributed by atoms with E-state index >= 15 is 0 Å². The van der Waals surface area contributed by atoms with Crippen LogP contribution in [0.3, 0.4) is 0 Å². The number of carbonyl (C=O) groups is 2. The van der Waals surface area contributed by atoms with Gasteiger partial charge in [-0.1, -0.05) is 18.2 Å². The van der Waals surface area contributed by atoms with Crippen molar-refractivity contribution in [1.29, 1.82) is 0 Å². The molecule has 0 fully saturated rings. The zero-order chi connectivity index (χ0) is 17.8. The minimum absolute atomic E-state index is 0.137. The number of ether oxygens (including phenoxy) is 2. The molecule has 2 aromatic carbocycles. The van der Waals surface area contributed by atoms with Gasteiger partial charge < -0.3 is 20.1 Å². The molecule has 0 aliphatic carbocycles. The molecule has 3 rings (SSSR count). The summed E-state index contributed by atoms with van der Waals surface area (Å²) in [5.74, 6) is 0.516. The number of fused-ring (bicyclic) bond motifs is 1. The first-order valence-electron chi connectivity index (χ1n) is 7.99. The van der Waals surface area contributed by atoms with Gasteiger partial charge in [-0.2, -0.15) is 0 Å². The van der Waals surface area contributed by atoms with E-state index in [0.717, 1.165) is 11.1 Å². The molecule has 6 heteroatoms. The summed E-state index contributed by atoms with van der Waals surface area (Å²) in [7, 11) is 3.16. The Labute approximate surface area is 146 Å². The van der Waals surface area contributed by atoms with Crippen LogP contribution in [0.25, 0.3) is 0 Å². The minimum Gasteiger partial charge on any atom is -0.497 e. The topological polar surface area (TPSA) is 76.7 Å². The van der Waals surface area contributed by atoms with Crippen LogP contribution in [0.15, 0.2) is 42.5 Å². The SMILES string of the molecule is COc1ccc(OC)c(CNC(=O)[C@H]2CC(=O)Nc3ccccc32)c1. The highest BCUT2D eigenvalue weighted by Crippen LogP contribution is 2.32. The van der Waals surface area contributed by atoms with Crippen LogP contribution in [0.5, 0.6) is 11.5 Å². The van der Waals surface area contributed by atoms with Crippen molar-refractivity contribution in [2.24, 2.45) is 0 Å². The first-order chi connectivity index (χ1) is 12.1. The van der Waals surface area contributed by atoms with E-state index in [9.17, 15) is 9.59 Å². The van der Waals surface area contributed by atoms with E-state index < -0.39 is 5.92 Å². The molecule has 0 bridgehead atoms. The van der Waals surface area contributed by atoms with E-state index in [0.29, 0.717) is 23.7 Å². The van der Waals surface area contributed by atoms with Crippen LogP contribution in [0.2, 0.25) is 0 Å². The molecule has 1 aliphatic rings. The van der Waals surface area contributed by atoms with Crippen molar-refractivity contribution < 1.29 is 19.1 Å². The first-order valence-corrected chi connectivity index (χ1v) is 7.99. The Hall–Kier alpha value is -3.02. The van der Waals surface area contributed by atoms with Crippen molar-refractivity contribution in [3.05, 3.63) is 53.6 Å². The number of amides is 2. The standard InChI is InChI=1S/C19H20N2O4/c1-24-13-7-8-17(25-2)12(9-13)11-20-19(23)15-10-18(22)21-16-6-4-3-5-14(15)16/h3-9,15H,10-11H2,1-2H3,(H,20,23)(H,21,22)/t15-/m0/s1. The highest BCUT2D eigenvalue weighted by Gasteiger charge is 2.30. The molecule has 2 aromatic rings. The lowest BCUT2D eigenvalue weighted by Crippen LogP contribution is -2.34. The molecule has 2 N–H and O–H groups in total. The first kappa shape index (κ1) is 16.8. The smallest absolute Gasteiger partial charge is 0.228 e. The summed E-state index contributed by atoms with van der Waals surface area (Å²) in [5, 5.41) is 5.70. The number of hydrogen-bond donors (Lipinski definition) is 2. The molecule has 130 valence electrons. The Balaban J connectivity index is 1.76. The molecule has 1 heterocycles. The van der Waals surface area contributed by atoms with Gasteiger partial charge in [0.2, 0.25) is 11.8 Å². The molecule has 2 amide bonds. The van der Waals surface area contributed by atoms with Crippen LogP contribution in [0, 0.1) is 0 Å². The normalized spacial score (nSPS) is 15.8. The number of carbonyl (C=O) groups excluding carboxylic acids is 2. The van der Waals surface area contributed by atoms with Gasteiger partial charge in [-0.05, 0) is 29.8 Å². The fraction of sp³-hybridized carbons (Fsp3) is 0.263. The lowest BCUT2D eigenvalue weighted by molar-refractivity contribution is -0.126. The van der Waals surface area contributed by atoms with Crippen LogP contribution in [-0.2, 0) is 16.1 Å². The zero-order valence-electron chi connectivity index (χ0n) is 14.2. The maximum Gasteiger partial charge on any atom is 0.228 e. The van der Waals surface area contributed by atoms with E-state index in [1.54, 1.807) is 32.4 Å². The highest BCUT2D eigenvalue weighted by atomic mass is 16.5. The van der Waals surface area contributed by atoms with Gasteiger partial charge in [0.25, 0.3) is 0 Å². The number of benzene rings is 2. The molecule has 6 nitrogen and oxygen atoms in total. The van der Waals surface area contributed by atoms with Gasteiger partial charge in [0, 0.05) is 24.2 Å². The summed E-state index contributed by atoms with van der Waals surface area (Å²) in [6, 6.07) is 12.8. The second-order valence-electron chi connectivity index (χ2n) is 5.79. The van der Waals surface area contributed by atoms with Gasteiger partial charge in [0.1, 0.15) is 11.5 Å². The average Bonchev–Trinajstić information content (AvgIpc) is 2.65. The molecule has 25 heavy (non-hydrogen) atoms. The maximum absolute atomic E-state index is 12.7. The molecule has 0 unspecified atom stereocenters. The van der Waals surface area contributed by atoms with E-state index in [4.69, 9.17) is 9.47 Å². The number of hydrogen-bond acceptors (Lipinski definition) is 4. The number of anilines is 1. The quantitative estimate of drug-likeness (QED) is 0.876. The third kappa shape index (κ3) is 3.57. The van der Waals surface area contributed by atoms with Crippen molar-refractivity contribution in [3.8, 4) is 11.5 Å². The second kappa shape index (κ2) is 7.25. The summed E-state index contributed by atoms with van der Waals surface area (Å²) < 4.78 is 10.5. The summed E-state index contributed by atoms with van der Waals surface area (Å²) in [6.45, 7) is 0.291. The molecule has 0 aromatic heterocycles. The Bertz CT molecular complexity index is 804. The van der Waals surface area contributed by atoms with Crippen molar-refractivity contribution >= 4 is 17.5 Å². The fourth-order valence-electron chi connectivity index (χ4n) is 2.97. The molecule has 0 radical (unpaired) electrons. The molecule has 0 spiro atoms. The predicted molar refractivity (Wildman–Crippen MR) is 93.8 cm³/mol. The highest BCUT2D eigenvalue weighted by molar-refractivity contribution is 6.01. The maximum atomic E-state index is 12.7. The van der Waals surface area contributed by atoms with Crippen LogP contribution in [-0.4, -0.2) is 26.0 Å². The van der Waals surface area contributed by atoms with Gasteiger partial charge in [-0.15, -0.1) is 0 Å². The summed E-state index contributed by atoms with van der Waals surface area (Å²) in [4.78, 5) is 24.5. The third-order valence-electron chi connectivity index (χ3n) is 4.26. The number of para-hydroxylation sites is 1. The summed E-state index contributed by atoms with van der Waals surface area (Å²) >= 11 is 0. The lowest BCUT2D eigenvalue weighted by Gasteiger charge is -2.25. The Morgan fingerprint density at radius 2 is 2.00 bits per heavy atom. The van der Waals surface area contributed by atoms with Crippen LogP contribution in [0.1, 0.15) is 23.5 Å². The van der Waals surface area contributed by atoms with Crippen LogP contribution < -0.4 is 20.1 Å². The molecular formula is C19H20N2O4. The number of methoxy groups -OCH3 is 2. The van der Waals surface area contributed by atoms with Gasteiger partial charge in [-0.25, -0.2) is 0 Å². The van der Waals surface area contributed by atoms with E-state index in [1.807, 2.05) is 24.3 Å². The van der Waals surface area contributed by atoms with E-state index in [1.165, 1.54) is 0 Å². The molecule has 1 atom stereocenters. The third-order valence-corrected chi connectivity index (χ3v) is 4.26. The van der Waals surface area contributed by atoms with Crippen molar-refractivity contribution in [2.75, 3.05) is 19.5 Å². The van der Waals surface area contributed by atoms with E-state index in [2.05, 4.69) is 10.6 Å². The monoisotopic (exact) mass is 340 g/mol. The van der Waals surface area contributed by atoms with Crippen LogP contribution >= 0.6 is 0 Å². The number of rotatable bonds is 5. The number of nitrogens with one attached hydrogen (secondary N) is 2. The second-order valence-corrected chi connectivity index (χ2v) is 5.79. The summed E-state index contributed by atoms with van der Waals surface area (Å²) in [5.41, 5.74) is 2.33. The van der Waals surface area contributed by atoms with Crippen LogP contribution in [0.4, 0.5) is 5.69 Å². The van der Waals surface area contributed by atoms with E-state index in [-0.39, 0.29) is 18.2 Å². The van der Waals surface area contributed by atoms with Crippen molar-refractivity contribution in [2.45, 2.75) is 18.9 Å². The summed E-state index contributed by atoms with van der Waals surface area (Å²) in [6.07, 6.45) is 0.137.